The number of nitrogens with zero attached hydrogens (tertiary/aromatic N) is 2. The minimum atomic E-state index is 0.0781. The van der Waals surface area contributed by atoms with Crippen molar-refractivity contribution in [2.24, 2.45) is 0 Å². The van der Waals surface area contributed by atoms with Crippen LogP contribution >= 0.6 is 0 Å². The van der Waals surface area contributed by atoms with Gasteiger partial charge >= 0.3 is 0 Å². The molecule has 1 aliphatic rings. The van der Waals surface area contributed by atoms with Crippen LogP contribution in [0.1, 0.15) is 0 Å². The molecule has 1 aromatic rings. The molecule has 1 heterocycles. The smallest absolute Gasteiger partial charge is 0.241 e. The zero-order valence-electron chi connectivity index (χ0n) is 8.68. The summed E-state index contributed by atoms with van der Waals surface area (Å²) in [7, 11) is 1.93. The van der Waals surface area contributed by atoms with Crippen molar-refractivity contribution in [2.45, 2.75) is 0 Å². The van der Waals surface area contributed by atoms with Gasteiger partial charge in [-0.2, -0.15) is 0 Å². The van der Waals surface area contributed by atoms with E-state index in [1.807, 2.05) is 18.0 Å². The Bertz CT molecular complexity index is 379. The normalized spacial score (nSPS) is 18.2. The Morgan fingerprint density at radius 1 is 1.33 bits per heavy atom. The predicted octanol–water partition coefficient (Wildman–Crippen LogP) is 0.671. The number of anilines is 1. The van der Waals surface area contributed by atoms with Gasteiger partial charge in [-0.15, -0.1) is 0 Å². The first-order valence-electron chi connectivity index (χ1n) is 4.95. The average molecular weight is 206 g/mol. The highest BCUT2D eigenvalue weighted by molar-refractivity contribution is 5.95. The zero-order chi connectivity index (χ0) is 10.8. The Labute approximate surface area is 88.7 Å². The van der Waals surface area contributed by atoms with Gasteiger partial charge in [0.2, 0.25) is 5.91 Å². The molecule has 1 aliphatic heterocycles. The standard InChI is InChI=1S/C11H14N2O2/c1-12-5-6-13(11(15)8-12)9-3-2-4-10(14)7-9/h2-4,7,14H,5-6,8H2,1H3. The Kier molecular flexibility index (Phi) is 2.60. The monoisotopic (exact) mass is 206 g/mol. The summed E-state index contributed by atoms with van der Waals surface area (Å²) in [6, 6.07) is 6.80. The van der Waals surface area contributed by atoms with E-state index < -0.39 is 0 Å². The number of aromatic hydroxyl groups is 1. The molecule has 4 nitrogen and oxygen atoms in total. The maximum absolute atomic E-state index is 11.7. The van der Waals surface area contributed by atoms with Gasteiger partial charge in [0.1, 0.15) is 5.75 Å². The van der Waals surface area contributed by atoms with E-state index in [0.717, 1.165) is 12.2 Å². The van der Waals surface area contributed by atoms with E-state index in [-0.39, 0.29) is 11.7 Å². The van der Waals surface area contributed by atoms with Crippen molar-refractivity contribution in [3.63, 3.8) is 0 Å². The number of phenols is 1. The molecule has 0 radical (unpaired) electrons. The van der Waals surface area contributed by atoms with Gasteiger partial charge in [-0.1, -0.05) is 6.07 Å². The van der Waals surface area contributed by atoms with E-state index in [0.29, 0.717) is 13.1 Å². The molecule has 80 valence electrons. The number of hydrogen-bond acceptors (Lipinski definition) is 3. The average Bonchev–Trinajstić information content (AvgIpc) is 2.17. The molecule has 4 heteroatoms. The van der Waals surface area contributed by atoms with E-state index in [9.17, 15) is 9.90 Å². The highest BCUT2D eigenvalue weighted by Gasteiger charge is 2.22. The minimum absolute atomic E-state index is 0.0781. The fourth-order valence-corrected chi connectivity index (χ4v) is 1.72. The summed E-state index contributed by atoms with van der Waals surface area (Å²) in [6.07, 6.45) is 0. The van der Waals surface area contributed by atoms with E-state index in [1.54, 1.807) is 23.1 Å². The summed E-state index contributed by atoms with van der Waals surface area (Å²) >= 11 is 0. The molecule has 1 saturated heterocycles. The molecule has 15 heavy (non-hydrogen) atoms. The van der Waals surface area contributed by atoms with Gasteiger partial charge in [0, 0.05) is 24.8 Å². The summed E-state index contributed by atoms with van der Waals surface area (Å²) < 4.78 is 0. The van der Waals surface area contributed by atoms with Gasteiger partial charge in [-0.25, -0.2) is 0 Å². The van der Waals surface area contributed by atoms with Crippen molar-refractivity contribution in [1.29, 1.82) is 0 Å². The molecule has 2 rings (SSSR count). The summed E-state index contributed by atoms with van der Waals surface area (Å²) in [5.41, 5.74) is 0.771. The van der Waals surface area contributed by atoms with E-state index in [1.165, 1.54) is 0 Å². The molecule has 0 atom stereocenters. The van der Waals surface area contributed by atoms with Crippen molar-refractivity contribution in [3.05, 3.63) is 24.3 Å². The fourth-order valence-electron chi connectivity index (χ4n) is 1.72. The van der Waals surface area contributed by atoms with Crippen LogP contribution in [0.5, 0.6) is 5.75 Å². The molecule has 0 bridgehead atoms. The molecular formula is C11H14N2O2. The number of likely N-dealkylation sites (N-methyl/N-ethyl adjacent to an activating group) is 1. The molecule has 0 aliphatic carbocycles. The van der Waals surface area contributed by atoms with Gasteiger partial charge in [0.25, 0.3) is 0 Å². The highest BCUT2D eigenvalue weighted by atomic mass is 16.3. The van der Waals surface area contributed by atoms with Gasteiger partial charge in [0.05, 0.1) is 6.54 Å². The second-order valence-electron chi connectivity index (χ2n) is 3.80. The van der Waals surface area contributed by atoms with Crippen LogP contribution in [0, 0.1) is 0 Å². The van der Waals surface area contributed by atoms with Gasteiger partial charge in [-0.3, -0.25) is 9.69 Å². The van der Waals surface area contributed by atoms with Crippen LogP contribution in [-0.4, -0.2) is 42.6 Å². The summed E-state index contributed by atoms with van der Waals surface area (Å²) in [4.78, 5) is 15.4. The Hall–Kier alpha value is -1.55. The third-order valence-electron chi connectivity index (χ3n) is 2.55. The quantitative estimate of drug-likeness (QED) is 0.734. The number of phenolic OH excluding ortho intramolecular Hbond substituents is 1. The first-order valence-corrected chi connectivity index (χ1v) is 4.95. The highest BCUT2D eigenvalue weighted by Crippen LogP contribution is 2.21. The van der Waals surface area contributed by atoms with Crippen molar-refractivity contribution >= 4 is 11.6 Å². The maximum Gasteiger partial charge on any atom is 0.241 e. The van der Waals surface area contributed by atoms with E-state index >= 15 is 0 Å². The third kappa shape index (κ3) is 2.10. The molecule has 0 unspecified atom stereocenters. The lowest BCUT2D eigenvalue weighted by Gasteiger charge is -2.32. The van der Waals surface area contributed by atoms with E-state index in [2.05, 4.69) is 0 Å². The van der Waals surface area contributed by atoms with Crippen molar-refractivity contribution in [3.8, 4) is 5.75 Å². The molecule has 0 spiro atoms. The minimum Gasteiger partial charge on any atom is -0.508 e. The van der Waals surface area contributed by atoms with E-state index in [4.69, 9.17) is 0 Å². The summed E-state index contributed by atoms with van der Waals surface area (Å²) in [6.45, 7) is 1.98. The number of rotatable bonds is 1. The Balaban J connectivity index is 2.20. The first-order chi connectivity index (χ1) is 7.16. The Morgan fingerprint density at radius 2 is 2.13 bits per heavy atom. The second-order valence-corrected chi connectivity index (χ2v) is 3.80. The molecular weight excluding hydrogens is 192 g/mol. The Morgan fingerprint density at radius 3 is 2.80 bits per heavy atom. The van der Waals surface area contributed by atoms with Crippen molar-refractivity contribution in [1.82, 2.24) is 4.90 Å². The van der Waals surface area contributed by atoms with Crippen LogP contribution in [0.15, 0.2) is 24.3 Å². The van der Waals surface area contributed by atoms with Gasteiger partial charge in [-0.05, 0) is 19.2 Å². The number of hydrogen-bond donors (Lipinski definition) is 1. The predicted molar refractivity (Wildman–Crippen MR) is 58.0 cm³/mol. The van der Waals surface area contributed by atoms with Crippen LogP contribution in [0.4, 0.5) is 5.69 Å². The number of carbonyl (C=O) groups is 1. The first kappa shape index (κ1) is 9.98. The topological polar surface area (TPSA) is 43.8 Å². The fraction of sp³-hybridized carbons (Fsp3) is 0.364. The molecule has 1 N–H and O–H groups in total. The molecule has 0 saturated carbocycles. The van der Waals surface area contributed by atoms with Gasteiger partial charge < -0.3 is 10.0 Å². The summed E-state index contributed by atoms with van der Waals surface area (Å²) in [5.74, 6) is 0.272. The lowest BCUT2D eigenvalue weighted by molar-refractivity contribution is -0.120. The molecule has 1 amide bonds. The van der Waals surface area contributed by atoms with Crippen LogP contribution < -0.4 is 4.90 Å². The van der Waals surface area contributed by atoms with Crippen LogP contribution in [-0.2, 0) is 4.79 Å². The number of carbonyl (C=O) groups excluding carboxylic acids is 1. The number of piperazine rings is 1. The largest absolute Gasteiger partial charge is 0.508 e. The lowest BCUT2D eigenvalue weighted by Crippen LogP contribution is -2.48. The maximum atomic E-state index is 11.7. The molecule has 1 aromatic carbocycles. The van der Waals surface area contributed by atoms with Crippen molar-refractivity contribution in [2.75, 3.05) is 31.6 Å². The van der Waals surface area contributed by atoms with Gasteiger partial charge in [0.15, 0.2) is 0 Å². The summed E-state index contributed by atoms with van der Waals surface area (Å²) in [5, 5.41) is 9.33. The SMILES string of the molecule is CN1CCN(c2cccc(O)c2)C(=O)C1. The molecule has 0 aromatic heterocycles. The number of amides is 1. The number of benzene rings is 1. The second kappa shape index (κ2) is 3.90. The van der Waals surface area contributed by atoms with Crippen LogP contribution in [0.25, 0.3) is 0 Å². The van der Waals surface area contributed by atoms with Crippen LogP contribution in [0.2, 0.25) is 0 Å². The zero-order valence-corrected chi connectivity index (χ0v) is 8.68. The van der Waals surface area contributed by atoms with Crippen molar-refractivity contribution < 1.29 is 9.90 Å². The lowest BCUT2D eigenvalue weighted by atomic mass is 10.2. The third-order valence-corrected chi connectivity index (χ3v) is 2.55. The van der Waals surface area contributed by atoms with Crippen LogP contribution in [0.3, 0.4) is 0 Å². The molecule has 1 fully saturated rings.